The molecule has 5 heteroatoms. The Kier molecular flexibility index (Phi) is 3.21. The number of ether oxygens (including phenoxy) is 1. The van der Waals surface area contributed by atoms with Crippen molar-refractivity contribution in [1.82, 2.24) is 5.32 Å². The highest BCUT2D eigenvalue weighted by atomic mass is 35.5. The zero-order valence-corrected chi connectivity index (χ0v) is 11.0. The second-order valence-corrected chi connectivity index (χ2v) is 5.37. The maximum Gasteiger partial charge on any atom is 0.250 e. The molecule has 0 bridgehead atoms. The van der Waals surface area contributed by atoms with E-state index in [0.29, 0.717) is 23.4 Å². The number of aliphatic hydroxyl groups is 1. The number of hydrogen-bond acceptors (Lipinski definition) is 3. The largest absolute Gasteiger partial charge is 0.488 e. The molecule has 1 aromatic rings. The van der Waals surface area contributed by atoms with E-state index < -0.39 is 0 Å². The third kappa shape index (κ3) is 2.60. The first-order chi connectivity index (χ1) is 9.11. The van der Waals surface area contributed by atoms with Crippen molar-refractivity contribution >= 4 is 23.6 Å². The Balaban J connectivity index is 1.73. The maximum absolute atomic E-state index is 12.0. The first kappa shape index (κ1) is 12.5. The molecule has 1 aliphatic heterocycles. The second-order valence-electron chi connectivity index (χ2n) is 4.94. The van der Waals surface area contributed by atoms with Gasteiger partial charge in [0, 0.05) is 16.6 Å². The number of carbonyl (C=O) groups excluding carboxylic acids is 1. The maximum atomic E-state index is 12.0. The molecular weight excluding hydrogens is 266 g/mol. The summed E-state index contributed by atoms with van der Waals surface area (Å²) in [7, 11) is 0. The van der Waals surface area contributed by atoms with Gasteiger partial charge in [0.1, 0.15) is 12.4 Å². The summed E-state index contributed by atoms with van der Waals surface area (Å²) >= 11 is 5.92. The predicted molar refractivity (Wildman–Crippen MR) is 72.1 cm³/mol. The number of amides is 1. The Morgan fingerprint density at radius 2 is 2.21 bits per heavy atom. The van der Waals surface area contributed by atoms with Gasteiger partial charge in [-0.3, -0.25) is 4.79 Å². The monoisotopic (exact) mass is 279 g/mol. The van der Waals surface area contributed by atoms with Crippen molar-refractivity contribution < 1.29 is 14.6 Å². The number of aliphatic hydroxyl groups excluding tert-OH is 1. The van der Waals surface area contributed by atoms with Crippen molar-refractivity contribution in [2.75, 3.05) is 6.61 Å². The Morgan fingerprint density at radius 3 is 2.95 bits per heavy atom. The molecule has 100 valence electrons. The van der Waals surface area contributed by atoms with Crippen LogP contribution in [-0.2, 0) is 4.79 Å². The van der Waals surface area contributed by atoms with Crippen molar-refractivity contribution in [2.24, 2.45) is 0 Å². The zero-order valence-electron chi connectivity index (χ0n) is 10.2. The minimum Gasteiger partial charge on any atom is -0.488 e. The lowest BCUT2D eigenvalue weighted by atomic mass is 9.89. The lowest BCUT2D eigenvalue weighted by molar-refractivity contribution is -0.119. The van der Waals surface area contributed by atoms with Crippen molar-refractivity contribution in [2.45, 2.75) is 25.0 Å². The van der Waals surface area contributed by atoms with Crippen LogP contribution in [0.1, 0.15) is 18.4 Å². The fourth-order valence-corrected chi connectivity index (χ4v) is 2.44. The molecule has 0 atom stereocenters. The van der Waals surface area contributed by atoms with Crippen molar-refractivity contribution in [3.63, 3.8) is 0 Å². The summed E-state index contributed by atoms with van der Waals surface area (Å²) < 4.78 is 5.53. The van der Waals surface area contributed by atoms with Crippen LogP contribution in [0.2, 0.25) is 5.02 Å². The molecule has 0 spiro atoms. The number of benzene rings is 1. The van der Waals surface area contributed by atoms with Crippen LogP contribution in [-0.4, -0.2) is 29.8 Å². The van der Waals surface area contributed by atoms with Gasteiger partial charge in [-0.1, -0.05) is 11.6 Å². The molecule has 1 saturated carbocycles. The summed E-state index contributed by atoms with van der Waals surface area (Å²) in [5.74, 6) is 0.600. The van der Waals surface area contributed by atoms with Gasteiger partial charge in [-0.05, 0) is 37.1 Å². The molecule has 0 saturated heterocycles. The van der Waals surface area contributed by atoms with Gasteiger partial charge in [0.2, 0.25) is 0 Å². The van der Waals surface area contributed by atoms with Crippen molar-refractivity contribution in [3.05, 3.63) is 34.4 Å². The van der Waals surface area contributed by atoms with Gasteiger partial charge < -0.3 is 15.2 Å². The Labute approximate surface area is 116 Å². The third-order valence-electron chi connectivity index (χ3n) is 3.42. The van der Waals surface area contributed by atoms with Crippen LogP contribution in [0.25, 0.3) is 6.08 Å². The molecule has 1 heterocycles. The second kappa shape index (κ2) is 4.87. The van der Waals surface area contributed by atoms with Gasteiger partial charge in [-0.25, -0.2) is 0 Å². The Hall–Kier alpha value is -1.52. The molecule has 2 aliphatic rings. The smallest absolute Gasteiger partial charge is 0.250 e. The van der Waals surface area contributed by atoms with E-state index in [1.54, 1.807) is 24.3 Å². The van der Waals surface area contributed by atoms with Gasteiger partial charge >= 0.3 is 0 Å². The van der Waals surface area contributed by atoms with E-state index in [4.69, 9.17) is 16.3 Å². The molecule has 2 N–H and O–H groups in total. The fraction of sp³-hybridized carbons (Fsp3) is 0.357. The van der Waals surface area contributed by atoms with Crippen LogP contribution in [0, 0.1) is 0 Å². The molecule has 0 unspecified atom stereocenters. The summed E-state index contributed by atoms with van der Waals surface area (Å²) in [6.07, 6.45) is 2.78. The van der Waals surface area contributed by atoms with E-state index in [-0.39, 0.29) is 24.7 Å². The highest BCUT2D eigenvalue weighted by Gasteiger charge is 2.29. The van der Waals surface area contributed by atoms with E-state index in [1.807, 2.05) is 0 Å². The molecule has 0 aromatic heterocycles. The topological polar surface area (TPSA) is 58.6 Å². The number of hydrogen-bond donors (Lipinski definition) is 2. The molecular formula is C14H14ClNO3. The van der Waals surface area contributed by atoms with E-state index in [2.05, 4.69) is 5.32 Å². The normalized spacial score (nSPS) is 24.6. The van der Waals surface area contributed by atoms with Crippen LogP contribution in [0.5, 0.6) is 5.75 Å². The molecule has 0 radical (unpaired) electrons. The Bertz CT molecular complexity index is 550. The zero-order chi connectivity index (χ0) is 13.4. The number of fused-ring (bicyclic) bond motifs is 1. The highest BCUT2D eigenvalue weighted by Crippen LogP contribution is 2.29. The summed E-state index contributed by atoms with van der Waals surface area (Å²) in [5, 5.41) is 12.7. The van der Waals surface area contributed by atoms with Crippen LogP contribution in [0.15, 0.2) is 23.8 Å². The first-order valence-corrected chi connectivity index (χ1v) is 6.61. The number of halogens is 1. The van der Waals surface area contributed by atoms with E-state index in [1.165, 1.54) is 0 Å². The average Bonchev–Trinajstić information content (AvgIpc) is 2.36. The SMILES string of the molecule is O=C(NC1CC(O)C1)C1=Cc2cc(Cl)ccc2OC1. The van der Waals surface area contributed by atoms with Crippen molar-refractivity contribution in [3.8, 4) is 5.75 Å². The first-order valence-electron chi connectivity index (χ1n) is 6.23. The lowest BCUT2D eigenvalue weighted by Gasteiger charge is -2.32. The van der Waals surface area contributed by atoms with Gasteiger partial charge in [-0.2, -0.15) is 0 Å². The number of carbonyl (C=O) groups is 1. The minimum absolute atomic E-state index is 0.0733. The molecule has 1 aliphatic carbocycles. The molecule has 1 amide bonds. The number of rotatable bonds is 2. The Morgan fingerprint density at radius 1 is 1.42 bits per heavy atom. The summed E-state index contributed by atoms with van der Waals surface area (Å²) in [6, 6.07) is 5.40. The molecule has 3 rings (SSSR count). The van der Waals surface area contributed by atoms with Gasteiger partial charge in [0.25, 0.3) is 5.91 Å². The van der Waals surface area contributed by atoms with Gasteiger partial charge in [0.05, 0.1) is 11.7 Å². The average molecular weight is 280 g/mol. The standard InChI is InChI=1S/C14H14ClNO3/c15-10-1-2-13-8(4-10)3-9(7-19-13)14(18)16-11-5-12(17)6-11/h1-4,11-12,17H,5-7H2,(H,16,18). The summed E-state index contributed by atoms with van der Waals surface area (Å²) in [6.45, 7) is 0.260. The van der Waals surface area contributed by atoms with Gasteiger partial charge in [0.15, 0.2) is 0 Å². The number of nitrogens with one attached hydrogen (secondary N) is 1. The fourth-order valence-electron chi connectivity index (χ4n) is 2.26. The molecule has 19 heavy (non-hydrogen) atoms. The van der Waals surface area contributed by atoms with Crippen molar-refractivity contribution in [1.29, 1.82) is 0 Å². The van der Waals surface area contributed by atoms with E-state index in [0.717, 1.165) is 11.3 Å². The molecule has 1 aromatic carbocycles. The molecule has 1 fully saturated rings. The van der Waals surface area contributed by atoms with E-state index in [9.17, 15) is 9.90 Å². The van der Waals surface area contributed by atoms with Crippen LogP contribution in [0.4, 0.5) is 0 Å². The summed E-state index contributed by atoms with van der Waals surface area (Å²) in [4.78, 5) is 12.0. The van der Waals surface area contributed by atoms with Crippen LogP contribution < -0.4 is 10.1 Å². The van der Waals surface area contributed by atoms with Gasteiger partial charge in [-0.15, -0.1) is 0 Å². The lowest BCUT2D eigenvalue weighted by Crippen LogP contribution is -2.47. The van der Waals surface area contributed by atoms with Crippen LogP contribution >= 0.6 is 11.6 Å². The van der Waals surface area contributed by atoms with E-state index >= 15 is 0 Å². The predicted octanol–water partition coefficient (Wildman–Crippen LogP) is 1.76. The quantitative estimate of drug-likeness (QED) is 0.867. The molecule has 4 nitrogen and oxygen atoms in total. The summed E-state index contributed by atoms with van der Waals surface area (Å²) in [5.41, 5.74) is 1.40. The van der Waals surface area contributed by atoms with Crippen LogP contribution in [0.3, 0.4) is 0 Å². The minimum atomic E-state index is -0.276. The third-order valence-corrected chi connectivity index (χ3v) is 3.66. The highest BCUT2D eigenvalue weighted by molar-refractivity contribution is 6.30.